The Morgan fingerprint density at radius 3 is 2.78 bits per heavy atom. The van der Waals surface area contributed by atoms with Crippen molar-refractivity contribution in [2.45, 2.75) is 12.5 Å². The number of fused-ring (bicyclic) bond motifs is 1. The molecular weight excluding hydrogens is 312 g/mol. The summed E-state index contributed by atoms with van der Waals surface area (Å²) in [6.45, 7) is 0. The van der Waals surface area contributed by atoms with Gasteiger partial charge in [0.1, 0.15) is 5.58 Å². The van der Waals surface area contributed by atoms with Crippen LogP contribution < -0.4 is 11.1 Å². The predicted octanol–water partition coefficient (Wildman–Crippen LogP) is 3.89. The Bertz CT molecular complexity index is 978. The number of benzene rings is 2. The van der Waals surface area contributed by atoms with E-state index in [1.54, 1.807) is 6.07 Å². The Morgan fingerprint density at radius 1 is 1.13 bits per heavy atom. The normalized spacial score (nSPS) is 17.1. The Balaban J connectivity index is 1.69. The number of para-hydroxylation sites is 1. The highest BCUT2D eigenvalue weighted by Crippen LogP contribution is 2.29. The molecule has 0 amide bonds. The van der Waals surface area contributed by atoms with Gasteiger partial charge in [-0.2, -0.15) is 5.10 Å². The van der Waals surface area contributed by atoms with E-state index in [4.69, 9.17) is 16.0 Å². The molecule has 1 aromatic heterocycles. The van der Waals surface area contributed by atoms with Crippen LogP contribution in [-0.2, 0) is 0 Å². The molecule has 0 radical (unpaired) electrons. The number of nitrogens with zero attached hydrogens (tertiary/aromatic N) is 1. The molecule has 2 aromatic carbocycles. The van der Waals surface area contributed by atoms with Crippen molar-refractivity contribution >= 4 is 28.3 Å². The summed E-state index contributed by atoms with van der Waals surface area (Å²) in [5.41, 5.74) is 5.42. The maximum absolute atomic E-state index is 12.2. The number of hydrogen-bond acceptors (Lipinski definition) is 4. The third-order valence-corrected chi connectivity index (χ3v) is 4.33. The maximum Gasteiger partial charge on any atom is 0.345 e. The van der Waals surface area contributed by atoms with Crippen LogP contribution >= 0.6 is 11.6 Å². The van der Waals surface area contributed by atoms with Crippen LogP contribution in [0, 0.1) is 0 Å². The molecule has 0 saturated heterocycles. The van der Waals surface area contributed by atoms with Crippen LogP contribution in [0.25, 0.3) is 11.0 Å². The Labute approximate surface area is 137 Å². The standard InChI is InChI=1S/C18H13ClN2O2/c19-14-7-3-2-6-12(14)15-10-16(21-20-15)13-9-11-5-1-4-8-17(11)23-18(13)22/h1-9,15,20H,10H2. The first-order valence-electron chi connectivity index (χ1n) is 7.32. The molecule has 0 spiro atoms. The molecule has 5 heteroatoms. The zero-order chi connectivity index (χ0) is 15.8. The molecule has 0 saturated carbocycles. The number of nitrogens with one attached hydrogen (secondary N) is 1. The van der Waals surface area contributed by atoms with Crippen molar-refractivity contribution in [3.05, 3.63) is 81.2 Å². The second-order valence-electron chi connectivity index (χ2n) is 5.45. The zero-order valence-electron chi connectivity index (χ0n) is 12.1. The summed E-state index contributed by atoms with van der Waals surface area (Å²) in [6, 6.07) is 16.9. The first kappa shape index (κ1) is 14.0. The number of hydrazone groups is 1. The van der Waals surface area contributed by atoms with E-state index in [0.717, 1.165) is 10.9 Å². The summed E-state index contributed by atoms with van der Waals surface area (Å²) in [5, 5.41) is 5.89. The summed E-state index contributed by atoms with van der Waals surface area (Å²) in [5.74, 6) is 0. The monoisotopic (exact) mass is 324 g/mol. The van der Waals surface area contributed by atoms with Crippen molar-refractivity contribution in [1.29, 1.82) is 0 Å². The molecule has 1 unspecified atom stereocenters. The molecule has 4 nitrogen and oxygen atoms in total. The van der Waals surface area contributed by atoms with Crippen LogP contribution in [0.3, 0.4) is 0 Å². The highest BCUT2D eigenvalue weighted by Gasteiger charge is 2.25. The van der Waals surface area contributed by atoms with Crippen molar-refractivity contribution in [3.8, 4) is 0 Å². The van der Waals surface area contributed by atoms with Crippen LogP contribution in [-0.4, -0.2) is 5.71 Å². The smallest absolute Gasteiger partial charge is 0.345 e. The number of hydrogen-bond donors (Lipinski definition) is 1. The van der Waals surface area contributed by atoms with Gasteiger partial charge in [-0.3, -0.25) is 0 Å². The van der Waals surface area contributed by atoms with E-state index < -0.39 is 0 Å². The van der Waals surface area contributed by atoms with E-state index in [9.17, 15) is 4.79 Å². The van der Waals surface area contributed by atoms with E-state index in [-0.39, 0.29) is 11.7 Å². The van der Waals surface area contributed by atoms with Crippen LogP contribution in [0.5, 0.6) is 0 Å². The Hall–Kier alpha value is -2.59. The van der Waals surface area contributed by atoms with Gasteiger partial charge in [-0.25, -0.2) is 4.79 Å². The van der Waals surface area contributed by atoms with E-state index in [2.05, 4.69) is 10.5 Å². The number of rotatable bonds is 2. The lowest BCUT2D eigenvalue weighted by Gasteiger charge is -2.11. The summed E-state index contributed by atoms with van der Waals surface area (Å²) in [4.78, 5) is 12.2. The van der Waals surface area contributed by atoms with Gasteiger partial charge in [-0.1, -0.05) is 48.0 Å². The first-order chi connectivity index (χ1) is 11.2. The molecule has 4 rings (SSSR count). The molecule has 0 bridgehead atoms. The summed E-state index contributed by atoms with van der Waals surface area (Å²) in [7, 11) is 0. The topological polar surface area (TPSA) is 54.6 Å². The predicted molar refractivity (Wildman–Crippen MR) is 91.0 cm³/mol. The maximum atomic E-state index is 12.2. The van der Waals surface area contributed by atoms with Crippen molar-refractivity contribution in [2.75, 3.05) is 0 Å². The van der Waals surface area contributed by atoms with Crippen molar-refractivity contribution < 1.29 is 4.42 Å². The minimum atomic E-state index is -0.371. The van der Waals surface area contributed by atoms with Gasteiger partial charge in [-0.15, -0.1) is 0 Å². The first-order valence-corrected chi connectivity index (χ1v) is 7.70. The lowest BCUT2D eigenvalue weighted by atomic mass is 9.99. The van der Waals surface area contributed by atoms with Crippen LogP contribution in [0.1, 0.15) is 23.6 Å². The van der Waals surface area contributed by atoms with Crippen molar-refractivity contribution in [2.24, 2.45) is 5.10 Å². The summed E-state index contributed by atoms with van der Waals surface area (Å²) < 4.78 is 5.38. The highest BCUT2D eigenvalue weighted by atomic mass is 35.5. The highest BCUT2D eigenvalue weighted by molar-refractivity contribution is 6.31. The van der Waals surface area contributed by atoms with Crippen LogP contribution in [0.2, 0.25) is 5.02 Å². The van der Waals surface area contributed by atoms with Gasteiger partial charge in [0.2, 0.25) is 0 Å². The molecule has 1 aliphatic heterocycles. The van der Waals surface area contributed by atoms with E-state index in [0.29, 0.717) is 28.3 Å². The van der Waals surface area contributed by atoms with Gasteiger partial charge in [-0.05, 0) is 23.8 Å². The number of halogens is 1. The third-order valence-electron chi connectivity index (χ3n) is 3.99. The second-order valence-corrected chi connectivity index (χ2v) is 5.86. The van der Waals surface area contributed by atoms with E-state index in [1.807, 2.05) is 48.5 Å². The fourth-order valence-electron chi connectivity index (χ4n) is 2.81. The molecule has 2 heterocycles. The SMILES string of the molecule is O=c1oc2ccccc2cc1C1=NNC(c2ccccc2Cl)C1. The molecule has 0 aliphatic carbocycles. The Morgan fingerprint density at radius 2 is 1.91 bits per heavy atom. The molecule has 1 aliphatic rings. The molecule has 1 atom stereocenters. The zero-order valence-corrected chi connectivity index (χ0v) is 12.9. The Kier molecular flexibility index (Phi) is 3.39. The largest absolute Gasteiger partial charge is 0.422 e. The van der Waals surface area contributed by atoms with Crippen molar-refractivity contribution in [3.63, 3.8) is 0 Å². The van der Waals surface area contributed by atoms with Crippen LogP contribution in [0.4, 0.5) is 0 Å². The van der Waals surface area contributed by atoms with Gasteiger partial charge < -0.3 is 9.84 Å². The minimum absolute atomic E-state index is 0.0374. The average molecular weight is 325 g/mol. The van der Waals surface area contributed by atoms with Gasteiger partial charge in [0.15, 0.2) is 0 Å². The molecule has 0 fully saturated rings. The average Bonchev–Trinajstić information content (AvgIpc) is 3.04. The quantitative estimate of drug-likeness (QED) is 0.728. The summed E-state index contributed by atoms with van der Waals surface area (Å²) in [6.07, 6.45) is 0.590. The molecule has 1 N–H and O–H groups in total. The fourth-order valence-corrected chi connectivity index (χ4v) is 3.08. The van der Waals surface area contributed by atoms with E-state index >= 15 is 0 Å². The molecule has 3 aromatic rings. The van der Waals surface area contributed by atoms with Crippen LogP contribution in [0.15, 0.2) is 68.9 Å². The fraction of sp³-hybridized carbons (Fsp3) is 0.111. The lowest BCUT2D eigenvalue weighted by Crippen LogP contribution is -2.14. The van der Waals surface area contributed by atoms with Gasteiger partial charge in [0.25, 0.3) is 0 Å². The molecular formula is C18H13ClN2O2. The second kappa shape index (κ2) is 5.56. The van der Waals surface area contributed by atoms with Gasteiger partial charge in [0, 0.05) is 16.8 Å². The molecule has 114 valence electrons. The van der Waals surface area contributed by atoms with Gasteiger partial charge in [0.05, 0.1) is 17.3 Å². The lowest BCUT2D eigenvalue weighted by molar-refractivity contribution is 0.559. The molecule has 23 heavy (non-hydrogen) atoms. The summed E-state index contributed by atoms with van der Waals surface area (Å²) >= 11 is 6.24. The minimum Gasteiger partial charge on any atom is -0.422 e. The third kappa shape index (κ3) is 2.51. The van der Waals surface area contributed by atoms with E-state index in [1.165, 1.54) is 0 Å². The van der Waals surface area contributed by atoms with Crippen molar-refractivity contribution in [1.82, 2.24) is 5.43 Å². The van der Waals surface area contributed by atoms with Gasteiger partial charge >= 0.3 is 5.63 Å².